The molecule has 0 fully saturated rings. The fourth-order valence-corrected chi connectivity index (χ4v) is 1.38. The van der Waals surface area contributed by atoms with Gasteiger partial charge in [0.15, 0.2) is 0 Å². The van der Waals surface area contributed by atoms with Gasteiger partial charge in [0, 0.05) is 11.9 Å². The van der Waals surface area contributed by atoms with Crippen LogP contribution in [0.5, 0.6) is 0 Å². The molecule has 0 unspecified atom stereocenters. The molecular weight excluding hydrogens is 134 g/mol. The highest BCUT2D eigenvalue weighted by Crippen LogP contribution is 2.13. The van der Waals surface area contributed by atoms with Gasteiger partial charge >= 0.3 is 0 Å². The lowest BCUT2D eigenvalue weighted by atomic mass is 9.98. The second-order valence-electron chi connectivity index (χ2n) is 3.08. The Balaban J connectivity index is 2.41. The third kappa shape index (κ3) is 2.41. The molecule has 1 rings (SSSR count). The topological polar surface area (TPSA) is 15.8 Å². The quantitative estimate of drug-likeness (QED) is 0.681. The van der Waals surface area contributed by atoms with Crippen LogP contribution >= 0.6 is 0 Å². The molecule has 0 aliphatic carbocycles. The Bertz CT molecular complexity index is 173. The van der Waals surface area contributed by atoms with Gasteiger partial charge in [-0.15, -0.1) is 0 Å². The maximum Gasteiger partial charge on any atom is 0.0149 e. The van der Waals surface area contributed by atoms with E-state index in [1.165, 1.54) is 25.0 Å². The highest BCUT2D eigenvalue weighted by atomic mass is 14.7. The second kappa shape index (κ2) is 4.22. The minimum absolute atomic E-state index is 0.855. The first-order chi connectivity index (χ1) is 5.36. The largest absolute Gasteiger partial charge is 0.365 e. The number of hydrogen-bond donors (Lipinski definition) is 1. The van der Waals surface area contributed by atoms with Gasteiger partial charge in [-0.3, -0.25) is 0 Å². The molecule has 1 nitrogen and oxygen atoms in total. The summed E-state index contributed by atoms with van der Waals surface area (Å²) in [6.07, 6.45) is 5.78. The average molecular weight is 151 g/mol. The first kappa shape index (κ1) is 8.38. The summed E-state index contributed by atoms with van der Waals surface area (Å²) in [5, 5.41) is 0. The summed E-state index contributed by atoms with van der Waals surface area (Å²) in [6.45, 7) is 4.52. The van der Waals surface area contributed by atoms with E-state index < -0.39 is 0 Å². The maximum atomic E-state index is 3.24. The monoisotopic (exact) mass is 151 g/mol. The van der Waals surface area contributed by atoms with Crippen molar-refractivity contribution in [3.63, 3.8) is 0 Å². The van der Waals surface area contributed by atoms with Gasteiger partial charge in [-0.25, -0.2) is 0 Å². The minimum atomic E-state index is 0.855. The zero-order chi connectivity index (χ0) is 8.10. The van der Waals surface area contributed by atoms with Crippen LogP contribution in [0.25, 0.3) is 0 Å². The van der Waals surface area contributed by atoms with Crippen molar-refractivity contribution in [2.75, 3.05) is 0 Å². The molecule has 0 saturated carbocycles. The molecule has 0 atom stereocenters. The molecule has 0 spiro atoms. The van der Waals surface area contributed by atoms with E-state index in [0.717, 1.165) is 5.92 Å². The highest BCUT2D eigenvalue weighted by Gasteiger charge is 2.03. The minimum Gasteiger partial charge on any atom is -0.365 e. The maximum absolute atomic E-state index is 3.24. The first-order valence-corrected chi connectivity index (χ1v) is 4.49. The van der Waals surface area contributed by atoms with E-state index in [0.29, 0.717) is 0 Å². The van der Waals surface area contributed by atoms with E-state index in [2.05, 4.69) is 31.0 Å². The molecule has 0 saturated heterocycles. The molecular formula is C10H17N. The molecule has 1 aromatic heterocycles. The standard InChI is InChI=1S/C10H17N/c1-3-9(4-2)8-10-6-5-7-11-10/h5-7,9,11H,3-4,8H2,1-2H3. The van der Waals surface area contributed by atoms with E-state index >= 15 is 0 Å². The van der Waals surface area contributed by atoms with Crippen molar-refractivity contribution < 1.29 is 0 Å². The molecule has 1 heterocycles. The molecule has 11 heavy (non-hydrogen) atoms. The van der Waals surface area contributed by atoms with Crippen molar-refractivity contribution in [2.24, 2.45) is 5.92 Å². The van der Waals surface area contributed by atoms with Crippen LogP contribution in [0.4, 0.5) is 0 Å². The van der Waals surface area contributed by atoms with Crippen molar-refractivity contribution in [1.82, 2.24) is 4.98 Å². The van der Waals surface area contributed by atoms with Crippen LogP contribution in [0.15, 0.2) is 18.3 Å². The molecule has 1 heteroatoms. The lowest BCUT2D eigenvalue weighted by molar-refractivity contribution is 0.486. The number of rotatable bonds is 4. The van der Waals surface area contributed by atoms with Gasteiger partial charge in [-0.2, -0.15) is 0 Å². The van der Waals surface area contributed by atoms with E-state index in [9.17, 15) is 0 Å². The molecule has 0 aliphatic rings. The molecule has 0 aromatic carbocycles. The SMILES string of the molecule is CCC(CC)Cc1ccc[nH]1. The number of aromatic amines is 1. The lowest BCUT2D eigenvalue weighted by Gasteiger charge is -2.09. The third-order valence-corrected chi connectivity index (χ3v) is 2.33. The van der Waals surface area contributed by atoms with Crippen LogP contribution in [0.2, 0.25) is 0 Å². The lowest BCUT2D eigenvalue weighted by Crippen LogP contribution is -2.01. The van der Waals surface area contributed by atoms with Crippen molar-refractivity contribution >= 4 is 0 Å². The summed E-state index contributed by atoms with van der Waals surface area (Å²) in [6, 6.07) is 4.23. The number of hydrogen-bond acceptors (Lipinski definition) is 0. The average Bonchev–Trinajstić information content (AvgIpc) is 2.52. The molecule has 0 bridgehead atoms. The van der Waals surface area contributed by atoms with Gasteiger partial charge in [-0.1, -0.05) is 26.7 Å². The van der Waals surface area contributed by atoms with Crippen LogP contribution in [-0.2, 0) is 6.42 Å². The summed E-state index contributed by atoms with van der Waals surface area (Å²) in [5.74, 6) is 0.855. The Labute approximate surface area is 68.8 Å². The van der Waals surface area contributed by atoms with Gasteiger partial charge in [0.25, 0.3) is 0 Å². The second-order valence-corrected chi connectivity index (χ2v) is 3.08. The molecule has 1 aromatic rings. The van der Waals surface area contributed by atoms with Crippen LogP contribution in [-0.4, -0.2) is 4.98 Å². The number of aromatic nitrogens is 1. The highest BCUT2D eigenvalue weighted by molar-refractivity contribution is 5.04. The van der Waals surface area contributed by atoms with Crippen LogP contribution in [0, 0.1) is 5.92 Å². The molecule has 62 valence electrons. The molecule has 0 radical (unpaired) electrons. The Morgan fingerprint density at radius 3 is 2.55 bits per heavy atom. The predicted octanol–water partition coefficient (Wildman–Crippen LogP) is 2.99. The van der Waals surface area contributed by atoms with E-state index in [1.807, 2.05) is 6.20 Å². The predicted molar refractivity (Wildman–Crippen MR) is 48.6 cm³/mol. The molecule has 1 N–H and O–H groups in total. The van der Waals surface area contributed by atoms with Gasteiger partial charge in [-0.05, 0) is 24.5 Å². The zero-order valence-electron chi connectivity index (χ0n) is 7.43. The fourth-order valence-electron chi connectivity index (χ4n) is 1.38. The van der Waals surface area contributed by atoms with Crippen molar-refractivity contribution in [1.29, 1.82) is 0 Å². The van der Waals surface area contributed by atoms with Crippen LogP contribution < -0.4 is 0 Å². The normalized spacial score (nSPS) is 10.8. The van der Waals surface area contributed by atoms with Crippen LogP contribution in [0.3, 0.4) is 0 Å². The van der Waals surface area contributed by atoms with Gasteiger partial charge in [0.05, 0.1) is 0 Å². The Morgan fingerprint density at radius 2 is 2.09 bits per heavy atom. The summed E-state index contributed by atoms with van der Waals surface area (Å²) in [4.78, 5) is 3.24. The summed E-state index contributed by atoms with van der Waals surface area (Å²) in [7, 11) is 0. The molecule has 0 amide bonds. The number of H-pyrrole nitrogens is 1. The van der Waals surface area contributed by atoms with Crippen molar-refractivity contribution in [3.05, 3.63) is 24.0 Å². The Hall–Kier alpha value is -0.720. The van der Waals surface area contributed by atoms with E-state index in [1.54, 1.807) is 0 Å². The van der Waals surface area contributed by atoms with Gasteiger partial charge < -0.3 is 4.98 Å². The Kier molecular flexibility index (Phi) is 3.21. The zero-order valence-corrected chi connectivity index (χ0v) is 7.43. The smallest absolute Gasteiger partial charge is 0.0149 e. The fraction of sp³-hybridized carbons (Fsp3) is 0.600. The number of nitrogens with one attached hydrogen (secondary N) is 1. The van der Waals surface area contributed by atoms with Gasteiger partial charge in [0.2, 0.25) is 0 Å². The van der Waals surface area contributed by atoms with E-state index in [4.69, 9.17) is 0 Å². The summed E-state index contributed by atoms with van der Waals surface area (Å²) in [5.41, 5.74) is 1.37. The third-order valence-electron chi connectivity index (χ3n) is 2.33. The molecule has 0 aliphatic heterocycles. The van der Waals surface area contributed by atoms with E-state index in [-0.39, 0.29) is 0 Å². The first-order valence-electron chi connectivity index (χ1n) is 4.49. The summed E-state index contributed by atoms with van der Waals surface area (Å²) < 4.78 is 0. The van der Waals surface area contributed by atoms with Gasteiger partial charge in [0.1, 0.15) is 0 Å². The Morgan fingerprint density at radius 1 is 1.36 bits per heavy atom. The van der Waals surface area contributed by atoms with Crippen LogP contribution in [0.1, 0.15) is 32.4 Å². The summed E-state index contributed by atoms with van der Waals surface area (Å²) >= 11 is 0. The van der Waals surface area contributed by atoms with Crippen molar-refractivity contribution in [3.8, 4) is 0 Å². The van der Waals surface area contributed by atoms with Crippen molar-refractivity contribution in [2.45, 2.75) is 33.1 Å².